The monoisotopic (exact) mass is 301 g/mol. The fourth-order valence-electron chi connectivity index (χ4n) is 3.63. The quantitative estimate of drug-likeness (QED) is 0.916. The van der Waals surface area contributed by atoms with E-state index in [-0.39, 0.29) is 17.7 Å². The molecule has 1 heterocycles. The molecule has 0 saturated heterocycles. The van der Waals surface area contributed by atoms with Gasteiger partial charge in [-0.25, -0.2) is 4.39 Å². The highest BCUT2D eigenvalue weighted by Gasteiger charge is 2.30. The minimum Gasteiger partial charge on any atom is -0.481 e. The van der Waals surface area contributed by atoms with E-state index in [4.69, 9.17) is 5.11 Å². The number of carboxylic acids is 1. The summed E-state index contributed by atoms with van der Waals surface area (Å²) in [7, 11) is 0. The highest BCUT2D eigenvalue weighted by molar-refractivity contribution is 5.82. The van der Waals surface area contributed by atoms with Gasteiger partial charge in [-0.3, -0.25) is 9.78 Å². The summed E-state index contributed by atoms with van der Waals surface area (Å²) in [6, 6.07) is 6.69. The lowest BCUT2D eigenvalue weighted by Gasteiger charge is -2.31. The van der Waals surface area contributed by atoms with E-state index in [9.17, 15) is 9.18 Å². The van der Waals surface area contributed by atoms with Crippen molar-refractivity contribution in [3.8, 4) is 0 Å². The minimum atomic E-state index is -0.708. The summed E-state index contributed by atoms with van der Waals surface area (Å²) in [4.78, 5) is 15.4. The maximum Gasteiger partial charge on any atom is 0.306 e. The first kappa shape index (κ1) is 14.9. The van der Waals surface area contributed by atoms with Crippen LogP contribution in [0.4, 0.5) is 4.39 Å². The lowest BCUT2D eigenvalue weighted by molar-refractivity contribution is -0.143. The van der Waals surface area contributed by atoms with E-state index in [1.54, 1.807) is 25.3 Å². The summed E-state index contributed by atoms with van der Waals surface area (Å²) in [5.74, 6) is -0.620. The van der Waals surface area contributed by atoms with Crippen molar-refractivity contribution >= 4 is 16.9 Å². The molecule has 2 aromatic rings. The molecule has 4 heteroatoms. The van der Waals surface area contributed by atoms with Gasteiger partial charge in [0.15, 0.2) is 0 Å². The zero-order valence-corrected chi connectivity index (χ0v) is 12.6. The van der Waals surface area contributed by atoms with Crippen LogP contribution in [0.5, 0.6) is 0 Å². The molecule has 3 nitrogen and oxygen atoms in total. The highest BCUT2D eigenvalue weighted by atomic mass is 19.1. The number of hydrogen-bond donors (Lipinski definition) is 1. The first-order chi connectivity index (χ1) is 10.6. The van der Waals surface area contributed by atoms with E-state index >= 15 is 0 Å². The second-order valence-corrected chi connectivity index (χ2v) is 6.30. The highest BCUT2D eigenvalue weighted by Crippen LogP contribution is 2.40. The Kier molecular flexibility index (Phi) is 4.10. The Morgan fingerprint density at radius 1 is 1.27 bits per heavy atom. The molecular formula is C18H20FNO2. The first-order valence-corrected chi connectivity index (χ1v) is 7.83. The van der Waals surface area contributed by atoms with Gasteiger partial charge in [0.1, 0.15) is 5.82 Å². The van der Waals surface area contributed by atoms with Gasteiger partial charge in [-0.1, -0.05) is 6.92 Å². The number of benzene rings is 1. The average molecular weight is 301 g/mol. The fourth-order valence-corrected chi connectivity index (χ4v) is 3.63. The van der Waals surface area contributed by atoms with Gasteiger partial charge in [-0.05, 0) is 67.3 Å². The molecule has 1 atom stereocenters. The van der Waals surface area contributed by atoms with Gasteiger partial charge in [0, 0.05) is 11.6 Å². The number of carbonyl (C=O) groups is 1. The van der Waals surface area contributed by atoms with Crippen LogP contribution in [-0.2, 0) is 4.79 Å². The normalized spacial score (nSPS) is 23.4. The molecule has 0 unspecified atom stereocenters. The van der Waals surface area contributed by atoms with Crippen molar-refractivity contribution in [2.45, 2.75) is 38.5 Å². The van der Waals surface area contributed by atoms with Crippen LogP contribution in [0, 0.1) is 17.7 Å². The minimum absolute atomic E-state index is 0.241. The number of pyridine rings is 1. The SMILES string of the molecule is C[C@H](C(=O)O)C1CCC(c2ccnc3ccc(F)cc23)CC1. The number of hydrogen-bond acceptors (Lipinski definition) is 2. The van der Waals surface area contributed by atoms with Gasteiger partial charge >= 0.3 is 5.97 Å². The molecule has 1 N–H and O–H groups in total. The Bertz CT molecular complexity index is 693. The van der Waals surface area contributed by atoms with E-state index in [0.717, 1.165) is 42.1 Å². The van der Waals surface area contributed by atoms with Crippen molar-refractivity contribution < 1.29 is 14.3 Å². The third-order valence-corrected chi connectivity index (χ3v) is 5.05. The zero-order chi connectivity index (χ0) is 15.7. The first-order valence-electron chi connectivity index (χ1n) is 7.83. The van der Waals surface area contributed by atoms with Gasteiger partial charge in [0.2, 0.25) is 0 Å². The number of rotatable bonds is 3. The summed E-state index contributed by atoms with van der Waals surface area (Å²) in [6.07, 6.45) is 5.52. The van der Waals surface area contributed by atoms with Gasteiger partial charge in [-0.2, -0.15) is 0 Å². The van der Waals surface area contributed by atoms with Crippen molar-refractivity contribution in [3.63, 3.8) is 0 Å². The van der Waals surface area contributed by atoms with Crippen LogP contribution in [-0.4, -0.2) is 16.1 Å². The Morgan fingerprint density at radius 3 is 2.68 bits per heavy atom. The van der Waals surface area contributed by atoms with Crippen LogP contribution in [0.15, 0.2) is 30.5 Å². The maximum absolute atomic E-state index is 13.5. The Morgan fingerprint density at radius 2 is 2.00 bits per heavy atom. The number of aliphatic carboxylic acids is 1. The van der Waals surface area contributed by atoms with Crippen LogP contribution in [0.1, 0.15) is 44.1 Å². The largest absolute Gasteiger partial charge is 0.481 e. The second-order valence-electron chi connectivity index (χ2n) is 6.30. The Hall–Kier alpha value is -1.97. The maximum atomic E-state index is 13.5. The standard InChI is InChI=1S/C18H20FNO2/c1-11(18(21)22)12-2-4-13(5-3-12)15-8-9-20-17-7-6-14(19)10-16(15)17/h6-13H,2-5H2,1H3,(H,21,22)/t11-,12?,13?/m0/s1. The van der Waals surface area contributed by atoms with Crippen LogP contribution in [0.3, 0.4) is 0 Å². The molecule has 3 rings (SSSR count). The molecule has 1 aromatic heterocycles. The molecule has 0 aliphatic heterocycles. The Balaban J connectivity index is 1.82. The van der Waals surface area contributed by atoms with Crippen LogP contribution < -0.4 is 0 Å². The molecular weight excluding hydrogens is 281 g/mol. The molecule has 0 bridgehead atoms. The van der Waals surface area contributed by atoms with Gasteiger partial charge in [-0.15, -0.1) is 0 Å². The van der Waals surface area contributed by atoms with E-state index in [1.165, 1.54) is 6.07 Å². The Labute approximate surface area is 129 Å². The topological polar surface area (TPSA) is 50.2 Å². The number of aromatic nitrogens is 1. The smallest absolute Gasteiger partial charge is 0.306 e. The fraction of sp³-hybridized carbons (Fsp3) is 0.444. The second kappa shape index (κ2) is 6.03. The summed E-state index contributed by atoms with van der Waals surface area (Å²) in [6.45, 7) is 1.80. The molecule has 1 saturated carbocycles. The molecule has 1 aromatic carbocycles. The molecule has 1 fully saturated rings. The lowest BCUT2D eigenvalue weighted by atomic mass is 9.74. The van der Waals surface area contributed by atoms with Crippen LogP contribution in [0.25, 0.3) is 10.9 Å². The summed E-state index contributed by atoms with van der Waals surface area (Å²) < 4.78 is 13.5. The van der Waals surface area contributed by atoms with Gasteiger partial charge in [0.25, 0.3) is 0 Å². The summed E-state index contributed by atoms with van der Waals surface area (Å²) in [5.41, 5.74) is 1.96. The average Bonchev–Trinajstić information content (AvgIpc) is 2.53. The summed E-state index contributed by atoms with van der Waals surface area (Å²) >= 11 is 0. The molecule has 1 aliphatic rings. The van der Waals surface area contributed by atoms with E-state index in [0.29, 0.717) is 5.92 Å². The van der Waals surface area contributed by atoms with Crippen LogP contribution >= 0.6 is 0 Å². The van der Waals surface area contributed by atoms with Crippen LogP contribution in [0.2, 0.25) is 0 Å². The number of carboxylic acid groups (broad SMARTS) is 1. The number of fused-ring (bicyclic) bond motifs is 1. The van der Waals surface area contributed by atoms with Crippen molar-refractivity contribution in [3.05, 3.63) is 41.8 Å². The van der Waals surface area contributed by atoms with E-state index in [1.807, 2.05) is 6.07 Å². The van der Waals surface area contributed by atoms with E-state index in [2.05, 4.69) is 4.98 Å². The molecule has 116 valence electrons. The predicted octanol–water partition coefficient (Wildman–Crippen LogP) is 4.37. The molecule has 0 spiro atoms. The predicted molar refractivity (Wildman–Crippen MR) is 83.2 cm³/mol. The molecule has 22 heavy (non-hydrogen) atoms. The molecule has 1 aliphatic carbocycles. The number of nitrogens with zero attached hydrogens (tertiary/aromatic N) is 1. The third-order valence-electron chi connectivity index (χ3n) is 5.05. The summed E-state index contributed by atoms with van der Waals surface area (Å²) in [5, 5.41) is 10.0. The van der Waals surface area contributed by atoms with Crippen molar-refractivity contribution in [2.75, 3.05) is 0 Å². The van der Waals surface area contributed by atoms with Crippen molar-refractivity contribution in [1.29, 1.82) is 0 Å². The van der Waals surface area contributed by atoms with Gasteiger partial charge < -0.3 is 5.11 Å². The molecule has 0 amide bonds. The van der Waals surface area contributed by atoms with Gasteiger partial charge in [0.05, 0.1) is 11.4 Å². The van der Waals surface area contributed by atoms with Crippen molar-refractivity contribution in [2.24, 2.45) is 11.8 Å². The van der Waals surface area contributed by atoms with Crippen molar-refractivity contribution in [1.82, 2.24) is 4.98 Å². The molecule has 0 radical (unpaired) electrons. The third kappa shape index (κ3) is 2.82. The van der Waals surface area contributed by atoms with E-state index < -0.39 is 5.97 Å². The zero-order valence-electron chi connectivity index (χ0n) is 12.6. The number of halogens is 1. The lowest BCUT2D eigenvalue weighted by Crippen LogP contribution is -2.25.